The Morgan fingerprint density at radius 1 is 1.09 bits per heavy atom. The Labute approximate surface area is 134 Å². The van der Waals surface area contributed by atoms with Crippen LogP contribution in [0.3, 0.4) is 0 Å². The van der Waals surface area contributed by atoms with Gasteiger partial charge in [0, 0.05) is 16.0 Å². The topological polar surface area (TPSA) is 37.3 Å². The number of para-hydroxylation sites is 1. The van der Waals surface area contributed by atoms with Crippen LogP contribution >= 0.6 is 11.8 Å². The summed E-state index contributed by atoms with van der Waals surface area (Å²) in [6.07, 6.45) is 3.90. The van der Waals surface area contributed by atoms with Crippen molar-refractivity contribution in [2.24, 2.45) is 5.10 Å². The number of pyridine rings is 1. The number of aromatic nitrogens is 1. The average Bonchev–Trinajstić information content (AvgIpc) is 2.55. The van der Waals surface area contributed by atoms with Crippen molar-refractivity contribution in [2.75, 3.05) is 11.7 Å². The summed E-state index contributed by atoms with van der Waals surface area (Å²) < 4.78 is 0. The molecule has 2 aromatic carbocycles. The molecule has 0 amide bonds. The van der Waals surface area contributed by atoms with E-state index in [1.807, 2.05) is 43.5 Å². The molecule has 0 atom stereocenters. The van der Waals surface area contributed by atoms with Crippen molar-refractivity contribution in [1.29, 1.82) is 0 Å². The molecule has 0 unspecified atom stereocenters. The molecule has 0 radical (unpaired) electrons. The first-order chi connectivity index (χ1) is 10.8. The summed E-state index contributed by atoms with van der Waals surface area (Å²) in [6, 6.07) is 18.4. The molecule has 0 saturated heterocycles. The van der Waals surface area contributed by atoms with Gasteiger partial charge in [0.15, 0.2) is 0 Å². The smallest absolute Gasteiger partial charge is 0.0726 e. The van der Waals surface area contributed by atoms with Crippen molar-refractivity contribution in [3.63, 3.8) is 0 Å². The fourth-order valence-electron chi connectivity index (χ4n) is 2.27. The number of thioether (sulfide) groups is 1. The number of nitrogens with one attached hydrogen (secondary N) is 1. The maximum Gasteiger partial charge on any atom is 0.0726 e. The van der Waals surface area contributed by atoms with Crippen LogP contribution in [0.5, 0.6) is 0 Å². The third-order valence-electron chi connectivity index (χ3n) is 3.36. The number of nitrogens with zero attached hydrogens (tertiary/aromatic N) is 2. The second kappa shape index (κ2) is 6.62. The van der Waals surface area contributed by atoms with E-state index in [9.17, 15) is 0 Å². The Morgan fingerprint density at radius 3 is 2.64 bits per heavy atom. The summed E-state index contributed by atoms with van der Waals surface area (Å²) in [6.45, 7) is 1.99. The van der Waals surface area contributed by atoms with Crippen LogP contribution in [0.25, 0.3) is 10.9 Å². The van der Waals surface area contributed by atoms with Gasteiger partial charge < -0.3 is 0 Å². The largest absolute Gasteiger partial charge is 0.278 e. The van der Waals surface area contributed by atoms with Crippen LogP contribution in [0.1, 0.15) is 11.3 Å². The summed E-state index contributed by atoms with van der Waals surface area (Å²) in [5, 5.41) is 5.42. The van der Waals surface area contributed by atoms with Crippen LogP contribution in [0.4, 0.5) is 5.69 Å². The van der Waals surface area contributed by atoms with Crippen LogP contribution in [-0.2, 0) is 0 Å². The van der Waals surface area contributed by atoms with E-state index in [-0.39, 0.29) is 0 Å². The number of anilines is 1. The Balaban J connectivity index is 1.82. The number of hydrogen-bond acceptors (Lipinski definition) is 4. The molecule has 0 aliphatic carbocycles. The summed E-state index contributed by atoms with van der Waals surface area (Å²) in [4.78, 5) is 5.78. The van der Waals surface area contributed by atoms with Crippen molar-refractivity contribution in [3.05, 3.63) is 65.9 Å². The molecule has 110 valence electrons. The van der Waals surface area contributed by atoms with Gasteiger partial charge >= 0.3 is 0 Å². The van der Waals surface area contributed by atoms with E-state index in [1.54, 1.807) is 11.8 Å². The van der Waals surface area contributed by atoms with Crippen molar-refractivity contribution >= 4 is 34.6 Å². The quantitative estimate of drug-likeness (QED) is 0.431. The third kappa shape index (κ3) is 3.28. The monoisotopic (exact) mass is 307 g/mol. The zero-order chi connectivity index (χ0) is 15.4. The highest BCUT2D eigenvalue weighted by Gasteiger charge is 2.02. The highest BCUT2D eigenvalue weighted by molar-refractivity contribution is 7.98. The maximum absolute atomic E-state index is 4.53. The van der Waals surface area contributed by atoms with Crippen LogP contribution in [0, 0.1) is 6.92 Å². The maximum atomic E-state index is 4.53. The van der Waals surface area contributed by atoms with Gasteiger partial charge in [0.2, 0.25) is 0 Å². The van der Waals surface area contributed by atoms with Crippen molar-refractivity contribution in [3.8, 4) is 0 Å². The van der Waals surface area contributed by atoms with E-state index < -0.39 is 0 Å². The van der Waals surface area contributed by atoms with Gasteiger partial charge in [-0.25, -0.2) is 0 Å². The molecule has 1 heterocycles. The van der Waals surface area contributed by atoms with Gasteiger partial charge in [-0.15, -0.1) is 11.8 Å². The Kier molecular flexibility index (Phi) is 4.39. The fraction of sp³-hybridized carbons (Fsp3) is 0.111. The Morgan fingerprint density at radius 2 is 1.86 bits per heavy atom. The van der Waals surface area contributed by atoms with Crippen molar-refractivity contribution < 1.29 is 0 Å². The van der Waals surface area contributed by atoms with Crippen LogP contribution in [0.15, 0.2) is 64.6 Å². The van der Waals surface area contributed by atoms with E-state index in [0.29, 0.717) is 0 Å². The molecule has 3 aromatic rings. The van der Waals surface area contributed by atoms with Gasteiger partial charge in [0.1, 0.15) is 0 Å². The molecule has 3 nitrogen and oxygen atoms in total. The highest BCUT2D eigenvalue weighted by atomic mass is 32.2. The molecule has 1 aromatic heterocycles. The first-order valence-corrected chi connectivity index (χ1v) is 8.28. The zero-order valence-electron chi connectivity index (χ0n) is 12.6. The first kappa shape index (κ1) is 14.6. The van der Waals surface area contributed by atoms with Gasteiger partial charge in [-0.05, 0) is 43.0 Å². The minimum Gasteiger partial charge on any atom is -0.278 e. The number of rotatable bonds is 4. The minimum atomic E-state index is 0.972. The summed E-state index contributed by atoms with van der Waals surface area (Å²) in [5.74, 6) is 0. The lowest BCUT2D eigenvalue weighted by Gasteiger charge is -2.06. The highest BCUT2D eigenvalue weighted by Crippen LogP contribution is 2.22. The summed E-state index contributed by atoms with van der Waals surface area (Å²) >= 11 is 1.73. The molecule has 0 saturated carbocycles. The molecule has 1 N–H and O–H groups in total. The van der Waals surface area contributed by atoms with E-state index in [2.05, 4.69) is 46.0 Å². The van der Waals surface area contributed by atoms with Gasteiger partial charge in [-0.3, -0.25) is 10.4 Å². The molecular weight excluding hydrogens is 290 g/mol. The van der Waals surface area contributed by atoms with Gasteiger partial charge in [-0.1, -0.05) is 30.3 Å². The van der Waals surface area contributed by atoms with Crippen LogP contribution < -0.4 is 5.43 Å². The lowest BCUT2D eigenvalue weighted by molar-refractivity contribution is 1.24. The van der Waals surface area contributed by atoms with Gasteiger partial charge in [0.05, 0.1) is 17.4 Å². The Bertz CT molecular complexity index is 810. The molecule has 0 bridgehead atoms. The van der Waals surface area contributed by atoms with Gasteiger partial charge in [0.25, 0.3) is 0 Å². The van der Waals surface area contributed by atoms with Gasteiger partial charge in [-0.2, -0.15) is 5.10 Å². The predicted molar refractivity (Wildman–Crippen MR) is 95.9 cm³/mol. The summed E-state index contributed by atoms with van der Waals surface area (Å²) in [5.41, 5.74) is 7.12. The van der Waals surface area contributed by atoms with Crippen LogP contribution in [0.2, 0.25) is 0 Å². The molecule has 22 heavy (non-hydrogen) atoms. The standard InChI is InChI=1S/C18H17N3S/c1-13-11-18(16-5-3-4-6-17(16)20-13)21-19-12-14-7-9-15(22-2)10-8-14/h3-12H,1-2H3,(H,20,21). The van der Waals surface area contributed by atoms with E-state index in [4.69, 9.17) is 0 Å². The van der Waals surface area contributed by atoms with E-state index in [1.165, 1.54) is 4.90 Å². The second-order valence-electron chi connectivity index (χ2n) is 4.97. The first-order valence-electron chi connectivity index (χ1n) is 7.06. The lowest BCUT2D eigenvalue weighted by Crippen LogP contribution is -1.94. The minimum absolute atomic E-state index is 0.972. The molecule has 0 aliphatic heterocycles. The number of hydrazone groups is 1. The van der Waals surface area contributed by atoms with E-state index in [0.717, 1.165) is 27.8 Å². The Hall–Kier alpha value is -2.33. The third-order valence-corrected chi connectivity index (χ3v) is 4.10. The number of aryl methyl sites for hydroxylation is 1. The molecule has 4 heteroatoms. The number of hydrogen-bond donors (Lipinski definition) is 1. The molecular formula is C18H17N3S. The average molecular weight is 307 g/mol. The number of fused-ring (bicyclic) bond motifs is 1. The molecule has 3 rings (SSSR count). The lowest BCUT2D eigenvalue weighted by atomic mass is 10.1. The molecule has 0 spiro atoms. The SMILES string of the molecule is CSc1ccc(C=NNc2cc(C)nc3ccccc23)cc1. The summed E-state index contributed by atoms with van der Waals surface area (Å²) in [7, 11) is 0. The zero-order valence-corrected chi connectivity index (χ0v) is 13.4. The van der Waals surface area contributed by atoms with E-state index >= 15 is 0 Å². The molecule has 0 fully saturated rings. The molecule has 0 aliphatic rings. The van der Waals surface area contributed by atoms with Crippen molar-refractivity contribution in [1.82, 2.24) is 4.98 Å². The van der Waals surface area contributed by atoms with Crippen LogP contribution in [-0.4, -0.2) is 17.5 Å². The normalized spacial score (nSPS) is 11.2. The number of benzene rings is 2. The van der Waals surface area contributed by atoms with Crippen molar-refractivity contribution in [2.45, 2.75) is 11.8 Å². The predicted octanol–water partition coefficient (Wildman–Crippen LogP) is 4.71. The fourth-order valence-corrected chi connectivity index (χ4v) is 2.67. The second-order valence-corrected chi connectivity index (χ2v) is 5.85.